The largest absolute Gasteiger partial charge is 0.436 e. The molecule has 1 aromatic heterocycles. The molecule has 3 aromatic carbocycles. The van der Waals surface area contributed by atoms with Crippen LogP contribution in [0.3, 0.4) is 0 Å². The molecule has 0 saturated heterocycles. The van der Waals surface area contributed by atoms with Gasteiger partial charge in [0.1, 0.15) is 17.4 Å². The van der Waals surface area contributed by atoms with E-state index in [0.29, 0.717) is 17.2 Å². The Balaban J connectivity index is 1.68. The fourth-order valence-corrected chi connectivity index (χ4v) is 3.44. The average Bonchev–Trinajstić information content (AvgIpc) is 3.21. The normalized spacial score (nSPS) is 11.2. The van der Waals surface area contributed by atoms with Gasteiger partial charge in [-0.1, -0.05) is 78.9 Å². The lowest BCUT2D eigenvalue weighted by Crippen LogP contribution is -2.07. The van der Waals surface area contributed by atoms with Crippen molar-refractivity contribution in [2.24, 2.45) is 4.99 Å². The van der Waals surface area contributed by atoms with Gasteiger partial charge in [-0.05, 0) is 29.3 Å². The van der Waals surface area contributed by atoms with Gasteiger partial charge in [-0.2, -0.15) is 5.26 Å². The van der Waals surface area contributed by atoms with Crippen molar-refractivity contribution < 1.29 is 4.42 Å². The highest BCUT2D eigenvalue weighted by molar-refractivity contribution is 5.89. The third kappa shape index (κ3) is 4.53. The molecule has 0 amide bonds. The first-order chi connectivity index (χ1) is 15.7. The van der Waals surface area contributed by atoms with Crippen molar-refractivity contribution in [1.29, 1.82) is 5.26 Å². The summed E-state index contributed by atoms with van der Waals surface area (Å²) in [7, 11) is 4.03. The lowest BCUT2D eigenvalue weighted by molar-refractivity contribution is 0.593. The van der Waals surface area contributed by atoms with Crippen LogP contribution in [0, 0.1) is 11.3 Å². The molecule has 0 fully saturated rings. The van der Waals surface area contributed by atoms with Crippen molar-refractivity contribution in [3.63, 3.8) is 0 Å². The van der Waals surface area contributed by atoms with Gasteiger partial charge >= 0.3 is 0 Å². The van der Waals surface area contributed by atoms with Crippen molar-refractivity contribution in [2.45, 2.75) is 0 Å². The van der Waals surface area contributed by atoms with Crippen LogP contribution in [-0.2, 0) is 0 Å². The summed E-state index contributed by atoms with van der Waals surface area (Å²) in [5, 5.41) is 9.92. The molecule has 0 bridgehead atoms. The van der Waals surface area contributed by atoms with Crippen LogP contribution in [0.4, 0.5) is 11.6 Å². The summed E-state index contributed by atoms with van der Waals surface area (Å²) in [6, 6.07) is 30.1. The van der Waals surface area contributed by atoms with E-state index in [-0.39, 0.29) is 0 Å². The lowest BCUT2D eigenvalue weighted by Gasteiger charge is -2.11. The molecule has 4 rings (SSSR count). The van der Waals surface area contributed by atoms with E-state index in [0.717, 1.165) is 27.9 Å². The van der Waals surface area contributed by atoms with E-state index in [9.17, 15) is 5.26 Å². The maximum Gasteiger partial charge on any atom is 0.238 e. The summed E-state index contributed by atoms with van der Waals surface area (Å²) < 4.78 is 6.11. The summed E-state index contributed by atoms with van der Waals surface area (Å²) >= 11 is 0. The molecule has 0 unspecified atom stereocenters. The summed E-state index contributed by atoms with van der Waals surface area (Å²) in [5.41, 5.74) is 5.22. The number of hydrogen-bond acceptors (Lipinski definition) is 4. The van der Waals surface area contributed by atoms with Crippen LogP contribution in [0.5, 0.6) is 0 Å². The van der Waals surface area contributed by atoms with Gasteiger partial charge in [-0.3, -0.25) is 0 Å². The molecule has 0 aliphatic carbocycles. The summed E-state index contributed by atoms with van der Waals surface area (Å²) in [6.07, 6.45) is 5.47. The van der Waals surface area contributed by atoms with Crippen LogP contribution in [0.25, 0.3) is 28.5 Å². The number of benzene rings is 3. The van der Waals surface area contributed by atoms with E-state index in [2.05, 4.69) is 28.1 Å². The Morgan fingerprint density at radius 2 is 1.47 bits per heavy atom. The smallest absolute Gasteiger partial charge is 0.238 e. The minimum Gasteiger partial charge on any atom is -0.436 e. The topological polar surface area (TPSA) is 52.5 Å². The number of nitrogens with zero attached hydrogens (tertiary/aromatic N) is 3. The van der Waals surface area contributed by atoms with Crippen molar-refractivity contribution in [1.82, 2.24) is 0 Å². The molecule has 32 heavy (non-hydrogen) atoms. The van der Waals surface area contributed by atoms with Gasteiger partial charge < -0.3 is 9.32 Å². The highest BCUT2D eigenvalue weighted by Gasteiger charge is 2.22. The first-order valence-electron chi connectivity index (χ1n) is 10.3. The molecule has 1 heterocycles. The monoisotopic (exact) mass is 417 g/mol. The van der Waals surface area contributed by atoms with Gasteiger partial charge in [0.05, 0.1) is 0 Å². The molecule has 0 N–H and O–H groups in total. The van der Waals surface area contributed by atoms with Crippen molar-refractivity contribution >= 4 is 23.9 Å². The zero-order chi connectivity index (χ0) is 22.3. The molecule has 4 nitrogen and oxygen atoms in total. The Hall–Kier alpha value is -4.36. The van der Waals surface area contributed by atoms with Crippen LogP contribution >= 0.6 is 0 Å². The second kappa shape index (κ2) is 9.63. The van der Waals surface area contributed by atoms with Crippen LogP contribution in [0.1, 0.15) is 11.1 Å². The molecule has 0 atom stereocenters. The first-order valence-corrected chi connectivity index (χ1v) is 10.3. The predicted octanol–water partition coefficient (Wildman–Crippen LogP) is 6.97. The number of nitriles is 1. The number of hydrogen-bond donors (Lipinski definition) is 0. The van der Waals surface area contributed by atoms with Gasteiger partial charge in [-0.25, -0.2) is 4.99 Å². The first kappa shape index (κ1) is 20.9. The molecular formula is C28H23N3O. The number of rotatable bonds is 6. The fraction of sp³-hybridized carbons (Fsp3) is 0.0714. The summed E-state index contributed by atoms with van der Waals surface area (Å²) in [6.45, 7) is 0. The van der Waals surface area contributed by atoms with E-state index < -0.39 is 0 Å². The molecule has 4 aromatic rings. The van der Waals surface area contributed by atoms with E-state index in [1.807, 2.05) is 99.0 Å². The average molecular weight is 418 g/mol. The summed E-state index contributed by atoms with van der Waals surface area (Å²) in [4.78, 5) is 6.52. The quantitative estimate of drug-likeness (QED) is 0.318. The maximum atomic E-state index is 9.92. The molecule has 0 saturated carbocycles. The maximum absolute atomic E-state index is 9.92. The van der Waals surface area contributed by atoms with Crippen molar-refractivity contribution in [3.05, 3.63) is 102 Å². The van der Waals surface area contributed by atoms with E-state index >= 15 is 0 Å². The number of anilines is 1. The Bertz CT molecular complexity index is 1280. The molecule has 0 aliphatic rings. The van der Waals surface area contributed by atoms with Gasteiger partial charge in [-0.15, -0.1) is 0 Å². The molecular weight excluding hydrogens is 394 g/mol. The van der Waals surface area contributed by atoms with Gasteiger partial charge in [0, 0.05) is 37.1 Å². The van der Waals surface area contributed by atoms with Gasteiger partial charge in [0.15, 0.2) is 0 Å². The van der Waals surface area contributed by atoms with Crippen LogP contribution in [0.15, 0.2) is 100 Å². The minimum atomic E-state index is 0.304. The highest BCUT2D eigenvalue weighted by Crippen LogP contribution is 2.42. The number of allylic oxidation sites excluding steroid dienone is 1. The Kier molecular flexibility index (Phi) is 6.29. The zero-order valence-electron chi connectivity index (χ0n) is 18.1. The minimum absolute atomic E-state index is 0.304. The van der Waals surface area contributed by atoms with Crippen LogP contribution in [-0.4, -0.2) is 20.3 Å². The number of aliphatic imine (C=N–C) groups is 1. The molecule has 0 radical (unpaired) electrons. The van der Waals surface area contributed by atoms with Crippen molar-refractivity contribution in [3.8, 4) is 28.5 Å². The summed E-state index contributed by atoms with van der Waals surface area (Å²) in [5.74, 6) is 0.946. The van der Waals surface area contributed by atoms with E-state index in [4.69, 9.17) is 4.42 Å². The second-order valence-corrected chi connectivity index (χ2v) is 7.45. The predicted molar refractivity (Wildman–Crippen MR) is 132 cm³/mol. The third-order valence-electron chi connectivity index (χ3n) is 5.08. The highest BCUT2D eigenvalue weighted by atomic mass is 16.4. The number of furan rings is 1. The van der Waals surface area contributed by atoms with Crippen molar-refractivity contribution in [2.75, 3.05) is 19.0 Å². The SMILES string of the molecule is CN(C)c1ccc(/C=C/C=Nc2oc(-c3ccccc3)c(-c3ccccc3)c2C#N)cc1. The van der Waals surface area contributed by atoms with Gasteiger partial charge in [0.25, 0.3) is 0 Å². The molecule has 156 valence electrons. The Morgan fingerprint density at radius 3 is 2.06 bits per heavy atom. The zero-order valence-corrected chi connectivity index (χ0v) is 18.1. The van der Waals surface area contributed by atoms with Crippen LogP contribution in [0.2, 0.25) is 0 Å². The molecule has 4 heteroatoms. The van der Waals surface area contributed by atoms with Crippen LogP contribution < -0.4 is 4.90 Å². The lowest BCUT2D eigenvalue weighted by atomic mass is 9.98. The van der Waals surface area contributed by atoms with E-state index in [1.54, 1.807) is 6.21 Å². The third-order valence-corrected chi connectivity index (χ3v) is 5.08. The fourth-order valence-electron chi connectivity index (χ4n) is 3.44. The Labute approximate surface area is 188 Å². The van der Waals surface area contributed by atoms with E-state index in [1.165, 1.54) is 0 Å². The Morgan fingerprint density at radius 1 is 0.844 bits per heavy atom. The molecule has 0 aliphatic heterocycles. The molecule has 0 spiro atoms. The van der Waals surface area contributed by atoms with Gasteiger partial charge in [0.2, 0.25) is 5.88 Å². The second-order valence-electron chi connectivity index (χ2n) is 7.45. The standard InChI is InChI=1S/C28H23N3O/c1-31(2)24-17-15-21(16-18-24)10-9-19-30-28-25(20-29)26(22-11-5-3-6-12-22)27(32-28)23-13-7-4-8-14-23/h3-19H,1-2H3/b10-9+,30-19?.